The molecule has 0 saturated heterocycles. The fraction of sp³-hybridized carbons (Fsp3) is 0.267. The molecule has 0 fully saturated rings. The van der Waals surface area contributed by atoms with E-state index in [1.165, 1.54) is 34.6 Å². The van der Waals surface area contributed by atoms with Crippen molar-refractivity contribution in [3.05, 3.63) is 105 Å². The zero-order valence-corrected chi connectivity index (χ0v) is 22.5. The molecule has 0 amide bonds. The Morgan fingerprint density at radius 3 is 2.61 bits per heavy atom. The van der Waals surface area contributed by atoms with Gasteiger partial charge < -0.3 is 9.15 Å². The number of para-hydroxylation sites is 1. The van der Waals surface area contributed by atoms with E-state index in [1.54, 1.807) is 6.07 Å². The van der Waals surface area contributed by atoms with Gasteiger partial charge in [-0.25, -0.2) is 18.0 Å². The van der Waals surface area contributed by atoms with E-state index in [-0.39, 0.29) is 29.0 Å². The Balaban J connectivity index is 1.42. The van der Waals surface area contributed by atoms with Crippen LogP contribution in [-0.4, -0.2) is 20.4 Å². The molecule has 0 unspecified atom stereocenters. The number of fused-ring (bicyclic) bond motifs is 2. The third kappa shape index (κ3) is 4.60. The van der Waals surface area contributed by atoms with Crippen LogP contribution in [0, 0.1) is 6.92 Å². The van der Waals surface area contributed by atoms with E-state index in [4.69, 9.17) is 9.15 Å². The summed E-state index contributed by atoms with van der Waals surface area (Å²) in [4.78, 5) is 25.2. The first-order valence-electron chi connectivity index (χ1n) is 12.5. The lowest BCUT2D eigenvalue weighted by atomic mass is 9.95. The Morgan fingerprint density at radius 2 is 1.84 bits per heavy atom. The number of hydrogen-bond donors (Lipinski definition) is 0. The number of carbonyl (C=O) groups excluding carboxylic acids is 1. The number of benzene rings is 3. The number of hydrogen-bond acceptors (Lipinski definition) is 6. The number of aryl methyl sites for hydroxylation is 1. The minimum absolute atomic E-state index is 0.0124. The van der Waals surface area contributed by atoms with Gasteiger partial charge in [-0.3, -0.25) is 4.31 Å². The first-order valence-corrected chi connectivity index (χ1v) is 14.0. The first-order chi connectivity index (χ1) is 18.1. The summed E-state index contributed by atoms with van der Waals surface area (Å²) in [6.07, 6.45) is 0.619. The molecule has 0 N–H and O–H groups in total. The number of anilines is 1. The van der Waals surface area contributed by atoms with Crippen molar-refractivity contribution in [2.45, 2.75) is 57.6 Å². The zero-order valence-electron chi connectivity index (χ0n) is 21.7. The van der Waals surface area contributed by atoms with Crippen molar-refractivity contribution in [1.82, 2.24) is 0 Å². The molecular formula is C30H29NO6S. The van der Waals surface area contributed by atoms with Gasteiger partial charge in [0.25, 0.3) is 10.0 Å². The Labute approximate surface area is 221 Å². The van der Waals surface area contributed by atoms with Crippen molar-refractivity contribution in [2.24, 2.45) is 0 Å². The lowest BCUT2D eigenvalue weighted by Crippen LogP contribution is -2.35. The third-order valence-electron chi connectivity index (χ3n) is 6.97. The van der Waals surface area contributed by atoms with Gasteiger partial charge in [-0.1, -0.05) is 38.1 Å². The molecule has 5 rings (SSSR count). The second-order valence-electron chi connectivity index (χ2n) is 10.0. The number of rotatable bonds is 6. The maximum Gasteiger partial charge on any atom is 0.338 e. The highest BCUT2D eigenvalue weighted by Gasteiger charge is 2.36. The summed E-state index contributed by atoms with van der Waals surface area (Å²) < 4.78 is 39.5. The third-order valence-corrected chi connectivity index (χ3v) is 8.89. The van der Waals surface area contributed by atoms with Gasteiger partial charge in [0.15, 0.2) is 0 Å². The lowest BCUT2D eigenvalue weighted by Gasteiger charge is -2.24. The highest BCUT2D eigenvalue weighted by Crippen LogP contribution is 2.36. The summed E-state index contributed by atoms with van der Waals surface area (Å²) in [5, 5.41) is 0.699. The molecule has 38 heavy (non-hydrogen) atoms. The molecular weight excluding hydrogens is 502 g/mol. The fourth-order valence-electron chi connectivity index (χ4n) is 5.16. The number of carbonyl (C=O) groups is 1. The normalized spacial score (nSPS) is 15.2. The summed E-state index contributed by atoms with van der Waals surface area (Å²) in [7, 11) is -3.90. The summed E-state index contributed by atoms with van der Waals surface area (Å²) in [5.41, 5.74) is 4.27. The SMILES string of the molecule is Cc1cc2oc(=O)cc(COC(=O)c3cccc(S(=O)(=O)N4c5ccccc5C[C@@H]4C)c3)c2cc1C(C)C. The summed E-state index contributed by atoms with van der Waals surface area (Å²) in [6.45, 7) is 7.83. The molecule has 1 aliphatic rings. The van der Waals surface area contributed by atoms with Crippen molar-refractivity contribution in [3.8, 4) is 0 Å². The second kappa shape index (κ2) is 9.76. The highest BCUT2D eigenvalue weighted by molar-refractivity contribution is 7.92. The van der Waals surface area contributed by atoms with Crippen LogP contribution in [0.25, 0.3) is 11.0 Å². The quantitative estimate of drug-likeness (QED) is 0.233. The zero-order chi connectivity index (χ0) is 27.2. The Kier molecular flexibility index (Phi) is 6.61. The molecule has 1 aliphatic heterocycles. The smallest absolute Gasteiger partial charge is 0.338 e. The van der Waals surface area contributed by atoms with Crippen LogP contribution in [-0.2, 0) is 27.8 Å². The van der Waals surface area contributed by atoms with E-state index < -0.39 is 21.6 Å². The van der Waals surface area contributed by atoms with E-state index in [9.17, 15) is 18.0 Å². The molecule has 1 aromatic heterocycles. The lowest BCUT2D eigenvalue weighted by molar-refractivity contribution is 0.0473. The molecule has 0 saturated carbocycles. The van der Waals surface area contributed by atoms with Gasteiger partial charge in [-0.05, 0) is 79.3 Å². The maximum atomic E-state index is 13.6. The average Bonchev–Trinajstić information content (AvgIpc) is 3.22. The van der Waals surface area contributed by atoms with E-state index in [0.717, 1.165) is 16.7 Å². The maximum absolute atomic E-state index is 13.6. The van der Waals surface area contributed by atoms with Crippen LogP contribution in [0.5, 0.6) is 0 Å². The standard InChI is InChI=1S/C30H29NO6S/c1-18(2)25-16-26-23(15-29(32)37-28(26)12-19(25)3)17-36-30(33)22-9-7-10-24(14-22)38(34,35)31-20(4)13-21-8-5-6-11-27(21)31/h5-12,14-16,18,20H,13,17H2,1-4H3/t20-/m0/s1. The molecule has 4 aromatic rings. The van der Waals surface area contributed by atoms with Crippen molar-refractivity contribution in [2.75, 3.05) is 4.31 Å². The number of esters is 1. The monoisotopic (exact) mass is 531 g/mol. The highest BCUT2D eigenvalue weighted by atomic mass is 32.2. The van der Waals surface area contributed by atoms with E-state index in [2.05, 4.69) is 13.8 Å². The van der Waals surface area contributed by atoms with Gasteiger partial charge in [0.1, 0.15) is 12.2 Å². The topological polar surface area (TPSA) is 93.9 Å². The van der Waals surface area contributed by atoms with Gasteiger partial charge >= 0.3 is 11.6 Å². The van der Waals surface area contributed by atoms with Crippen molar-refractivity contribution < 1.29 is 22.4 Å². The van der Waals surface area contributed by atoms with Gasteiger partial charge in [0.05, 0.1) is 16.1 Å². The molecule has 0 spiro atoms. The largest absolute Gasteiger partial charge is 0.457 e. The number of nitrogens with zero attached hydrogens (tertiary/aromatic N) is 1. The molecule has 0 aliphatic carbocycles. The summed E-state index contributed by atoms with van der Waals surface area (Å²) in [6, 6.07) is 18.1. The first kappa shape index (κ1) is 25.7. The number of ether oxygens (including phenoxy) is 1. The van der Waals surface area contributed by atoms with Crippen LogP contribution >= 0.6 is 0 Å². The van der Waals surface area contributed by atoms with E-state index >= 15 is 0 Å². The predicted octanol–water partition coefficient (Wildman–Crippen LogP) is 5.72. The van der Waals surface area contributed by atoms with Crippen molar-refractivity contribution >= 4 is 32.6 Å². The molecule has 0 radical (unpaired) electrons. The predicted molar refractivity (Wildman–Crippen MR) is 146 cm³/mol. The van der Waals surface area contributed by atoms with Gasteiger partial charge in [-0.15, -0.1) is 0 Å². The van der Waals surface area contributed by atoms with Crippen LogP contribution in [0.1, 0.15) is 59.3 Å². The molecule has 2 heterocycles. The average molecular weight is 532 g/mol. The molecule has 196 valence electrons. The fourth-order valence-corrected chi connectivity index (χ4v) is 6.90. The minimum atomic E-state index is -3.90. The number of sulfonamides is 1. The van der Waals surface area contributed by atoms with Gasteiger partial charge in [0.2, 0.25) is 0 Å². The van der Waals surface area contributed by atoms with Crippen LogP contribution in [0.2, 0.25) is 0 Å². The molecule has 8 heteroatoms. The molecule has 3 aromatic carbocycles. The van der Waals surface area contributed by atoms with Crippen LogP contribution in [0.15, 0.2) is 80.8 Å². The van der Waals surface area contributed by atoms with Crippen molar-refractivity contribution in [1.29, 1.82) is 0 Å². The van der Waals surface area contributed by atoms with Gasteiger partial charge in [0, 0.05) is 23.1 Å². The molecule has 1 atom stereocenters. The van der Waals surface area contributed by atoms with Crippen molar-refractivity contribution in [3.63, 3.8) is 0 Å². The summed E-state index contributed by atoms with van der Waals surface area (Å²) in [5.74, 6) is -0.425. The van der Waals surface area contributed by atoms with Crippen LogP contribution < -0.4 is 9.93 Å². The second-order valence-corrected chi connectivity index (χ2v) is 11.9. The van der Waals surface area contributed by atoms with E-state index in [1.807, 2.05) is 44.2 Å². The van der Waals surface area contributed by atoms with Crippen LogP contribution in [0.4, 0.5) is 5.69 Å². The Hall–Kier alpha value is -3.91. The molecule has 0 bridgehead atoms. The van der Waals surface area contributed by atoms with Crippen LogP contribution in [0.3, 0.4) is 0 Å². The Morgan fingerprint density at radius 1 is 1.08 bits per heavy atom. The molecule has 7 nitrogen and oxygen atoms in total. The Bertz CT molecular complexity index is 1720. The van der Waals surface area contributed by atoms with Gasteiger partial charge in [-0.2, -0.15) is 0 Å². The minimum Gasteiger partial charge on any atom is -0.457 e. The van der Waals surface area contributed by atoms with E-state index in [0.29, 0.717) is 28.6 Å². The summed E-state index contributed by atoms with van der Waals surface area (Å²) >= 11 is 0.